The molecule has 3 heterocycles. The summed E-state index contributed by atoms with van der Waals surface area (Å²) in [6.07, 6.45) is 0. The molecule has 2 nitrogen and oxygen atoms in total. The molecule has 0 fully saturated rings. The highest BCUT2D eigenvalue weighted by molar-refractivity contribution is 7.29. The van der Waals surface area contributed by atoms with Crippen LogP contribution < -0.4 is 25.5 Å². The molecule has 10 rings (SSSR count). The quantitative estimate of drug-likeness (QED) is 0.185. The summed E-state index contributed by atoms with van der Waals surface area (Å²) in [5, 5.41) is 2.55. The van der Waals surface area contributed by atoms with Crippen LogP contribution in [0, 0.1) is 0 Å². The molecular formula is C41H29BN2S. The SMILES string of the molecule is CC1(C)c2ccccc2-c2c1sc1c2N(c2ccccc2)c2cccc3c2B1c1cc2ccccc2cc1N3c1ccccc1. The van der Waals surface area contributed by atoms with Crippen molar-refractivity contribution in [3.8, 4) is 11.1 Å². The Labute approximate surface area is 267 Å². The largest absolute Gasteiger partial charge is 0.311 e. The first-order valence-corrected chi connectivity index (χ1v) is 16.6. The van der Waals surface area contributed by atoms with Gasteiger partial charge in [0.15, 0.2) is 0 Å². The van der Waals surface area contributed by atoms with Crippen LogP contribution in [0.25, 0.3) is 21.9 Å². The van der Waals surface area contributed by atoms with Gasteiger partial charge in [-0.25, -0.2) is 0 Å². The van der Waals surface area contributed by atoms with Gasteiger partial charge >= 0.3 is 0 Å². The Hall–Kier alpha value is -5.06. The number of anilines is 6. The molecule has 6 aromatic carbocycles. The van der Waals surface area contributed by atoms with Crippen molar-refractivity contribution in [3.05, 3.63) is 150 Å². The van der Waals surface area contributed by atoms with Gasteiger partial charge in [-0.15, -0.1) is 0 Å². The van der Waals surface area contributed by atoms with E-state index in [0.29, 0.717) is 0 Å². The number of nitrogens with zero attached hydrogens (tertiary/aromatic N) is 2. The summed E-state index contributed by atoms with van der Waals surface area (Å²) in [6.45, 7) is 4.94. The van der Waals surface area contributed by atoms with Gasteiger partial charge < -0.3 is 9.80 Å². The van der Waals surface area contributed by atoms with Crippen molar-refractivity contribution in [2.75, 3.05) is 9.80 Å². The summed E-state index contributed by atoms with van der Waals surface area (Å²) < 4.78 is 1.44. The normalized spacial score (nSPS) is 14.9. The summed E-state index contributed by atoms with van der Waals surface area (Å²) in [5.74, 6) is 0. The molecule has 0 radical (unpaired) electrons. The second-order valence-electron chi connectivity index (χ2n) is 12.9. The van der Waals surface area contributed by atoms with Gasteiger partial charge in [-0.3, -0.25) is 0 Å². The molecule has 1 aromatic heterocycles. The molecule has 0 saturated heterocycles. The highest BCUT2D eigenvalue weighted by Crippen LogP contribution is 2.58. The maximum atomic E-state index is 2.56. The van der Waals surface area contributed by atoms with Gasteiger partial charge in [0.2, 0.25) is 0 Å². The maximum absolute atomic E-state index is 2.56. The molecule has 2 aliphatic heterocycles. The van der Waals surface area contributed by atoms with E-state index >= 15 is 0 Å². The fraction of sp³-hybridized carbons (Fsp3) is 0.0732. The Morgan fingerprint density at radius 2 is 1.18 bits per heavy atom. The van der Waals surface area contributed by atoms with Crippen LogP contribution in [0.2, 0.25) is 0 Å². The fourth-order valence-electron chi connectivity index (χ4n) is 8.19. The second kappa shape index (κ2) is 9.00. The van der Waals surface area contributed by atoms with Crippen LogP contribution >= 0.6 is 11.3 Å². The second-order valence-corrected chi connectivity index (χ2v) is 14.0. The van der Waals surface area contributed by atoms with Crippen molar-refractivity contribution in [2.24, 2.45) is 0 Å². The summed E-state index contributed by atoms with van der Waals surface area (Å²) >= 11 is 2.03. The van der Waals surface area contributed by atoms with Gasteiger partial charge in [-0.2, -0.15) is 11.3 Å². The fourth-order valence-corrected chi connectivity index (χ4v) is 9.74. The number of para-hydroxylation sites is 2. The maximum Gasteiger partial charge on any atom is 0.264 e. The van der Waals surface area contributed by atoms with Crippen molar-refractivity contribution in [1.29, 1.82) is 0 Å². The topological polar surface area (TPSA) is 6.48 Å². The zero-order valence-corrected chi connectivity index (χ0v) is 26.0. The third kappa shape index (κ3) is 3.30. The van der Waals surface area contributed by atoms with Gasteiger partial charge in [-0.05, 0) is 75.3 Å². The molecule has 0 spiro atoms. The molecule has 0 unspecified atom stereocenters. The van der Waals surface area contributed by atoms with E-state index in [4.69, 9.17) is 0 Å². The molecule has 1 aliphatic carbocycles. The molecule has 45 heavy (non-hydrogen) atoms. The van der Waals surface area contributed by atoms with Crippen LogP contribution in [-0.4, -0.2) is 6.71 Å². The number of benzene rings is 6. The number of hydrogen-bond donors (Lipinski definition) is 0. The van der Waals surface area contributed by atoms with E-state index in [0.717, 1.165) is 0 Å². The molecule has 212 valence electrons. The number of rotatable bonds is 2. The molecule has 0 amide bonds. The van der Waals surface area contributed by atoms with Crippen LogP contribution in [0.4, 0.5) is 34.1 Å². The Morgan fingerprint density at radius 3 is 1.91 bits per heavy atom. The third-order valence-electron chi connectivity index (χ3n) is 10.1. The van der Waals surface area contributed by atoms with E-state index in [9.17, 15) is 0 Å². The molecular weight excluding hydrogens is 563 g/mol. The third-order valence-corrected chi connectivity index (χ3v) is 11.7. The monoisotopic (exact) mass is 592 g/mol. The molecule has 0 atom stereocenters. The van der Waals surface area contributed by atoms with Gasteiger partial charge in [0, 0.05) is 49.1 Å². The minimum Gasteiger partial charge on any atom is -0.311 e. The summed E-state index contributed by atoms with van der Waals surface area (Å²) in [4.78, 5) is 6.52. The predicted octanol–water partition coefficient (Wildman–Crippen LogP) is 9.29. The lowest BCUT2D eigenvalue weighted by Crippen LogP contribution is -2.60. The minimum atomic E-state index is -0.0672. The molecule has 0 N–H and O–H groups in total. The Bertz CT molecular complexity index is 2320. The average Bonchev–Trinajstić information content (AvgIpc) is 3.58. The van der Waals surface area contributed by atoms with Crippen LogP contribution in [0.3, 0.4) is 0 Å². The highest BCUT2D eigenvalue weighted by Gasteiger charge is 2.49. The molecule has 7 aromatic rings. The van der Waals surface area contributed by atoms with E-state index in [1.807, 2.05) is 11.3 Å². The molecule has 0 bridgehead atoms. The first-order chi connectivity index (χ1) is 22.1. The number of fused-ring (bicyclic) bond motifs is 9. The molecule has 0 saturated carbocycles. The average molecular weight is 593 g/mol. The molecule has 4 heteroatoms. The summed E-state index contributed by atoms with van der Waals surface area (Å²) in [7, 11) is 0. The minimum absolute atomic E-state index is 0.0672. The standard InChI is InChI=1S/C41H29BN2S/c1-41(2)31-21-12-11-20-30(31)36-38-40(45-39(36)41)42-32-24-26-14-9-10-15-27(26)25-35(32)43(28-16-5-3-6-17-28)33-22-13-23-34(37(33)42)44(38)29-18-7-4-8-19-29/h3-25H,1-2H3. The first kappa shape index (κ1) is 25.3. The zero-order chi connectivity index (χ0) is 29.9. The van der Waals surface area contributed by atoms with Crippen LogP contribution in [0.1, 0.15) is 24.3 Å². The van der Waals surface area contributed by atoms with E-state index < -0.39 is 0 Å². The summed E-state index contributed by atoms with van der Waals surface area (Å²) in [5.41, 5.74) is 14.4. The Kier molecular flexibility index (Phi) is 5.06. The van der Waals surface area contributed by atoms with Crippen molar-refractivity contribution in [3.63, 3.8) is 0 Å². The van der Waals surface area contributed by atoms with Crippen molar-refractivity contribution >= 4 is 78.6 Å². The van der Waals surface area contributed by atoms with Crippen LogP contribution in [-0.2, 0) is 5.41 Å². The Morgan fingerprint density at radius 1 is 0.578 bits per heavy atom. The van der Waals surface area contributed by atoms with E-state index in [1.165, 1.54) is 82.2 Å². The zero-order valence-electron chi connectivity index (χ0n) is 25.2. The van der Waals surface area contributed by atoms with Crippen molar-refractivity contribution in [1.82, 2.24) is 0 Å². The predicted molar refractivity (Wildman–Crippen MR) is 193 cm³/mol. The van der Waals surface area contributed by atoms with Crippen molar-refractivity contribution < 1.29 is 0 Å². The van der Waals surface area contributed by atoms with Crippen LogP contribution in [0.5, 0.6) is 0 Å². The summed E-state index contributed by atoms with van der Waals surface area (Å²) in [6, 6.07) is 51.5. The highest BCUT2D eigenvalue weighted by atomic mass is 32.1. The number of thiophene rings is 1. The first-order valence-electron chi connectivity index (χ1n) is 15.7. The van der Waals surface area contributed by atoms with E-state index in [1.54, 1.807) is 0 Å². The van der Waals surface area contributed by atoms with Gasteiger partial charge in [0.1, 0.15) is 0 Å². The lowest BCUT2D eigenvalue weighted by molar-refractivity contribution is 0.674. The molecule has 3 aliphatic rings. The lowest BCUT2D eigenvalue weighted by atomic mass is 9.36. The van der Waals surface area contributed by atoms with E-state index in [2.05, 4.69) is 163 Å². The lowest BCUT2D eigenvalue weighted by Gasteiger charge is -2.43. The Balaban J connectivity index is 1.36. The van der Waals surface area contributed by atoms with Gasteiger partial charge in [0.25, 0.3) is 6.71 Å². The van der Waals surface area contributed by atoms with Gasteiger partial charge in [0.05, 0.1) is 5.69 Å². The number of hydrogen-bond acceptors (Lipinski definition) is 3. The van der Waals surface area contributed by atoms with E-state index in [-0.39, 0.29) is 12.1 Å². The van der Waals surface area contributed by atoms with Crippen molar-refractivity contribution in [2.45, 2.75) is 19.3 Å². The van der Waals surface area contributed by atoms with Crippen LogP contribution in [0.15, 0.2) is 140 Å². The van der Waals surface area contributed by atoms with Gasteiger partial charge in [-0.1, -0.05) is 111 Å². The smallest absolute Gasteiger partial charge is 0.264 e.